The molecule has 124 valence electrons. The van der Waals surface area contributed by atoms with Crippen LogP contribution in [0.1, 0.15) is 30.1 Å². The number of piperidine rings is 1. The SMILES string of the molecule is CCOC(=O)N1CCC(NC(=O)c2ccc([N+](=O)[O-])cc2)CC1. The topological polar surface area (TPSA) is 102 Å². The van der Waals surface area contributed by atoms with Gasteiger partial charge in [0.05, 0.1) is 11.5 Å². The summed E-state index contributed by atoms with van der Waals surface area (Å²) in [4.78, 5) is 35.4. The monoisotopic (exact) mass is 321 g/mol. The lowest BCUT2D eigenvalue weighted by Crippen LogP contribution is -2.46. The maximum atomic E-state index is 12.1. The summed E-state index contributed by atoms with van der Waals surface area (Å²) in [5.74, 6) is -0.269. The molecule has 1 saturated heterocycles. The van der Waals surface area contributed by atoms with Gasteiger partial charge in [0.2, 0.25) is 0 Å². The Labute approximate surface area is 133 Å². The molecule has 23 heavy (non-hydrogen) atoms. The quantitative estimate of drug-likeness (QED) is 0.674. The van der Waals surface area contributed by atoms with Crippen molar-refractivity contribution in [3.8, 4) is 0 Å². The van der Waals surface area contributed by atoms with Crippen LogP contribution in [-0.4, -0.2) is 47.6 Å². The van der Waals surface area contributed by atoms with E-state index >= 15 is 0 Å². The molecular weight excluding hydrogens is 302 g/mol. The Balaban J connectivity index is 1.85. The Morgan fingerprint density at radius 1 is 1.30 bits per heavy atom. The average Bonchev–Trinajstić information content (AvgIpc) is 2.55. The van der Waals surface area contributed by atoms with Gasteiger partial charge >= 0.3 is 6.09 Å². The van der Waals surface area contributed by atoms with E-state index in [1.807, 2.05) is 0 Å². The molecule has 0 aliphatic carbocycles. The van der Waals surface area contributed by atoms with E-state index in [1.165, 1.54) is 24.3 Å². The summed E-state index contributed by atoms with van der Waals surface area (Å²) in [5, 5.41) is 13.5. The third-order valence-corrected chi connectivity index (χ3v) is 3.70. The molecule has 1 aliphatic rings. The first kappa shape index (κ1) is 16.7. The van der Waals surface area contributed by atoms with E-state index in [4.69, 9.17) is 4.74 Å². The number of nitro groups is 1. The van der Waals surface area contributed by atoms with E-state index in [0.717, 1.165) is 0 Å². The highest BCUT2D eigenvalue weighted by Crippen LogP contribution is 2.14. The summed E-state index contributed by atoms with van der Waals surface area (Å²) in [6.07, 6.45) is 0.974. The van der Waals surface area contributed by atoms with Crippen LogP contribution in [-0.2, 0) is 4.74 Å². The maximum absolute atomic E-state index is 12.1. The van der Waals surface area contributed by atoms with Crippen LogP contribution in [0.3, 0.4) is 0 Å². The Bertz CT molecular complexity index is 579. The van der Waals surface area contributed by atoms with E-state index in [2.05, 4.69) is 5.32 Å². The minimum Gasteiger partial charge on any atom is -0.450 e. The van der Waals surface area contributed by atoms with Crippen molar-refractivity contribution in [2.75, 3.05) is 19.7 Å². The number of hydrogen-bond acceptors (Lipinski definition) is 5. The van der Waals surface area contributed by atoms with Gasteiger partial charge in [-0.1, -0.05) is 0 Å². The zero-order chi connectivity index (χ0) is 16.8. The lowest BCUT2D eigenvalue weighted by atomic mass is 10.0. The number of nitro benzene ring substituents is 1. The molecule has 0 saturated carbocycles. The highest BCUT2D eigenvalue weighted by molar-refractivity contribution is 5.94. The fourth-order valence-corrected chi connectivity index (χ4v) is 2.42. The molecule has 0 radical (unpaired) electrons. The molecule has 0 spiro atoms. The van der Waals surface area contributed by atoms with Crippen molar-refractivity contribution in [2.24, 2.45) is 0 Å². The lowest BCUT2D eigenvalue weighted by molar-refractivity contribution is -0.384. The van der Waals surface area contributed by atoms with Crippen LogP contribution in [0.25, 0.3) is 0 Å². The third kappa shape index (κ3) is 4.41. The highest BCUT2D eigenvalue weighted by atomic mass is 16.6. The van der Waals surface area contributed by atoms with Gasteiger partial charge in [0.15, 0.2) is 0 Å². The van der Waals surface area contributed by atoms with E-state index in [0.29, 0.717) is 38.1 Å². The van der Waals surface area contributed by atoms with Crippen LogP contribution in [0.4, 0.5) is 10.5 Å². The molecule has 1 aromatic rings. The van der Waals surface area contributed by atoms with E-state index in [9.17, 15) is 19.7 Å². The number of benzene rings is 1. The second kappa shape index (κ2) is 7.57. The van der Waals surface area contributed by atoms with Gasteiger partial charge in [-0.25, -0.2) is 4.79 Å². The van der Waals surface area contributed by atoms with E-state index < -0.39 is 4.92 Å². The van der Waals surface area contributed by atoms with Crippen molar-refractivity contribution >= 4 is 17.7 Å². The third-order valence-electron chi connectivity index (χ3n) is 3.70. The predicted molar refractivity (Wildman–Crippen MR) is 82.2 cm³/mol. The van der Waals surface area contributed by atoms with Crippen molar-refractivity contribution in [1.29, 1.82) is 0 Å². The molecule has 2 amide bonds. The van der Waals surface area contributed by atoms with Gasteiger partial charge in [0.25, 0.3) is 11.6 Å². The second-order valence-electron chi connectivity index (χ2n) is 5.24. The van der Waals surface area contributed by atoms with Crippen molar-refractivity contribution < 1.29 is 19.2 Å². The van der Waals surface area contributed by atoms with Gasteiger partial charge in [0, 0.05) is 36.8 Å². The molecule has 2 rings (SSSR count). The Morgan fingerprint density at radius 2 is 1.91 bits per heavy atom. The first-order valence-corrected chi connectivity index (χ1v) is 7.48. The fourth-order valence-electron chi connectivity index (χ4n) is 2.42. The lowest BCUT2D eigenvalue weighted by Gasteiger charge is -2.31. The molecule has 0 atom stereocenters. The number of nitrogens with one attached hydrogen (secondary N) is 1. The van der Waals surface area contributed by atoms with Gasteiger partial charge in [-0.3, -0.25) is 14.9 Å². The predicted octanol–water partition coefficient (Wildman–Crippen LogP) is 1.95. The van der Waals surface area contributed by atoms with Crippen LogP contribution < -0.4 is 5.32 Å². The summed E-state index contributed by atoms with van der Waals surface area (Å²) in [7, 11) is 0. The number of rotatable bonds is 4. The number of carbonyl (C=O) groups is 2. The van der Waals surface area contributed by atoms with Gasteiger partial charge in [-0.15, -0.1) is 0 Å². The molecule has 0 unspecified atom stereocenters. The van der Waals surface area contributed by atoms with Crippen LogP contribution in [0.5, 0.6) is 0 Å². The minimum absolute atomic E-state index is 0.0247. The first-order chi connectivity index (χ1) is 11.0. The summed E-state index contributed by atoms with van der Waals surface area (Å²) >= 11 is 0. The molecule has 0 aromatic heterocycles. The zero-order valence-electron chi connectivity index (χ0n) is 12.9. The van der Waals surface area contributed by atoms with Crippen molar-refractivity contribution in [3.05, 3.63) is 39.9 Å². The zero-order valence-corrected chi connectivity index (χ0v) is 12.9. The molecule has 8 heteroatoms. The van der Waals surface area contributed by atoms with E-state index in [-0.39, 0.29) is 23.7 Å². The van der Waals surface area contributed by atoms with Gasteiger partial charge in [-0.2, -0.15) is 0 Å². The number of ether oxygens (including phenoxy) is 1. The Hall–Kier alpha value is -2.64. The number of likely N-dealkylation sites (tertiary alicyclic amines) is 1. The number of nitrogens with zero attached hydrogens (tertiary/aromatic N) is 2. The molecular formula is C15H19N3O5. The maximum Gasteiger partial charge on any atom is 0.409 e. The summed E-state index contributed by atoms with van der Waals surface area (Å²) in [6, 6.07) is 5.45. The van der Waals surface area contributed by atoms with Crippen molar-refractivity contribution in [2.45, 2.75) is 25.8 Å². The van der Waals surface area contributed by atoms with Gasteiger partial charge in [0.1, 0.15) is 0 Å². The Kier molecular flexibility index (Phi) is 5.51. The number of amides is 2. The van der Waals surface area contributed by atoms with Crippen LogP contribution in [0.2, 0.25) is 0 Å². The summed E-state index contributed by atoms with van der Waals surface area (Å²) in [6.45, 7) is 3.17. The first-order valence-electron chi connectivity index (χ1n) is 7.48. The summed E-state index contributed by atoms with van der Waals surface area (Å²) < 4.78 is 4.94. The number of hydrogen-bond donors (Lipinski definition) is 1. The molecule has 1 aromatic carbocycles. The highest BCUT2D eigenvalue weighted by Gasteiger charge is 2.24. The van der Waals surface area contributed by atoms with Crippen LogP contribution in [0, 0.1) is 10.1 Å². The Morgan fingerprint density at radius 3 is 2.43 bits per heavy atom. The van der Waals surface area contributed by atoms with Crippen LogP contribution in [0.15, 0.2) is 24.3 Å². The van der Waals surface area contributed by atoms with Gasteiger partial charge < -0.3 is 15.0 Å². The number of carbonyl (C=O) groups excluding carboxylic acids is 2. The van der Waals surface area contributed by atoms with Gasteiger partial charge in [-0.05, 0) is 31.9 Å². The second-order valence-corrected chi connectivity index (χ2v) is 5.24. The smallest absolute Gasteiger partial charge is 0.409 e. The standard InChI is InChI=1S/C15H19N3O5/c1-2-23-15(20)17-9-7-12(8-10-17)16-14(19)11-3-5-13(6-4-11)18(21)22/h3-6,12H,2,7-10H2,1H3,(H,16,19). The summed E-state index contributed by atoms with van der Waals surface area (Å²) in [5.41, 5.74) is 0.327. The average molecular weight is 321 g/mol. The molecule has 8 nitrogen and oxygen atoms in total. The van der Waals surface area contributed by atoms with Crippen molar-refractivity contribution in [3.63, 3.8) is 0 Å². The largest absolute Gasteiger partial charge is 0.450 e. The van der Waals surface area contributed by atoms with Crippen LogP contribution >= 0.6 is 0 Å². The molecule has 1 fully saturated rings. The normalized spacial score (nSPS) is 15.1. The number of non-ortho nitro benzene ring substituents is 1. The van der Waals surface area contributed by atoms with E-state index in [1.54, 1.807) is 11.8 Å². The molecule has 0 bridgehead atoms. The van der Waals surface area contributed by atoms with Crippen molar-refractivity contribution in [1.82, 2.24) is 10.2 Å². The molecule has 1 heterocycles. The molecule has 1 aliphatic heterocycles. The molecule has 1 N–H and O–H groups in total. The minimum atomic E-state index is -0.507. The fraction of sp³-hybridized carbons (Fsp3) is 0.467.